The minimum atomic E-state index is -0.754. The lowest BCUT2D eigenvalue weighted by Crippen LogP contribution is -2.42. The van der Waals surface area contributed by atoms with Crippen LogP contribution in [0.4, 0.5) is 8.78 Å². The van der Waals surface area contributed by atoms with Crippen LogP contribution in [0.25, 0.3) is 0 Å². The first kappa shape index (κ1) is 20.8. The van der Waals surface area contributed by atoms with Crippen LogP contribution in [0.3, 0.4) is 0 Å². The van der Waals surface area contributed by atoms with Crippen molar-refractivity contribution in [1.82, 2.24) is 5.32 Å². The number of methoxy groups -OCH3 is 1. The fourth-order valence-corrected chi connectivity index (χ4v) is 2.53. The molecule has 0 heterocycles. The summed E-state index contributed by atoms with van der Waals surface area (Å²) in [5, 5.41) is 2.58. The van der Waals surface area contributed by atoms with E-state index in [9.17, 15) is 18.4 Å². The van der Waals surface area contributed by atoms with E-state index in [1.54, 1.807) is 0 Å². The molecule has 138 valence electrons. The third kappa shape index (κ3) is 8.42. The largest absolute Gasteiger partial charge is 0.467 e. The van der Waals surface area contributed by atoms with Gasteiger partial charge in [0.2, 0.25) is 5.91 Å². The average molecular weight is 353 g/mol. The fraction of sp³-hybridized carbons (Fsp3) is 0.474. The van der Waals surface area contributed by atoms with Gasteiger partial charge in [-0.05, 0) is 37.0 Å². The number of ether oxygens (including phenoxy) is 1. The second-order valence-electron chi connectivity index (χ2n) is 5.88. The lowest BCUT2D eigenvalue weighted by Gasteiger charge is -2.16. The third-order valence-electron chi connectivity index (χ3n) is 3.76. The van der Waals surface area contributed by atoms with Crippen molar-refractivity contribution in [3.63, 3.8) is 0 Å². The zero-order chi connectivity index (χ0) is 18.7. The van der Waals surface area contributed by atoms with E-state index in [4.69, 9.17) is 4.74 Å². The maximum absolute atomic E-state index is 13.2. The molecule has 0 aliphatic carbocycles. The summed E-state index contributed by atoms with van der Waals surface area (Å²) in [6.45, 7) is 3.66. The summed E-state index contributed by atoms with van der Waals surface area (Å²) in [5.41, 5.74) is 0.211. The summed E-state index contributed by atoms with van der Waals surface area (Å²) in [5.74, 6) is -2.49. The third-order valence-corrected chi connectivity index (χ3v) is 3.76. The maximum Gasteiger partial charge on any atom is 0.328 e. The van der Waals surface area contributed by atoms with Crippen LogP contribution < -0.4 is 5.32 Å². The number of nitrogens with one attached hydrogen (secondary N) is 1. The molecule has 0 aliphatic heterocycles. The first-order valence-electron chi connectivity index (χ1n) is 8.39. The number of esters is 1. The summed E-state index contributed by atoms with van der Waals surface area (Å²) < 4.78 is 31.0. The van der Waals surface area contributed by atoms with Crippen LogP contribution in [0.1, 0.15) is 44.1 Å². The zero-order valence-electron chi connectivity index (χ0n) is 14.5. The van der Waals surface area contributed by atoms with Crippen molar-refractivity contribution in [3.8, 4) is 0 Å². The van der Waals surface area contributed by atoms with E-state index in [1.807, 2.05) is 6.08 Å². The molecule has 25 heavy (non-hydrogen) atoms. The number of rotatable bonds is 11. The minimum absolute atomic E-state index is 0.207. The van der Waals surface area contributed by atoms with Crippen molar-refractivity contribution in [2.45, 2.75) is 51.0 Å². The Balaban J connectivity index is 2.51. The number of benzene rings is 1. The number of unbranched alkanes of at least 4 members (excludes halogenated alkanes) is 4. The quantitative estimate of drug-likeness (QED) is 0.375. The van der Waals surface area contributed by atoms with Gasteiger partial charge in [0.05, 0.1) is 13.5 Å². The Kier molecular flexibility index (Phi) is 9.43. The van der Waals surface area contributed by atoms with E-state index in [2.05, 4.69) is 11.9 Å². The number of allylic oxidation sites excluding steroid dienone is 1. The SMILES string of the molecule is C=CCCCCCC[C@@H](NC(=O)Cc1cc(F)cc(F)c1)C(=O)OC. The molecule has 1 aromatic rings. The van der Waals surface area contributed by atoms with E-state index in [0.29, 0.717) is 6.42 Å². The molecule has 0 fully saturated rings. The molecule has 0 unspecified atom stereocenters. The molecule has 0 saturated carbocycles. The van der Waals surface area contributed by atoms with Gasteiger partial charge >= 0.3 is 5.97 Å². The predicted molar refractivity (Wildman–Crippen MR) is 91.9 cm³/mol. The predicted octanol–water partition coefficient (Wildman–Crippen LogP) is 3.69. The monoisotopic (exact) mass is 353 g/mol. The van der Waals surface area contributed by atoms with Gasteiger partial charge in [-0.3, -0.25) is 4.79 Å². The summed E-state index contributed by atoms with van der Waals surface area (Å²) in [4.78, 5) is 23.9. The molecule has 1 amide bonds. The lowest BCUT2D eigenvalue weighted by molar-refractivity contribution is -0.145. The van der Waals surface area contributed by atoms with Crippen molar-refractivity contribution in [2.24, 2.45) is 0 Å². The van der Waals surface area contributed by atoms with E-state index in [-0.39, 0.29) is 12.0 Å². The van der Waals surface area contributed by atoms with Crippen LogP contribution in [0.2, 0.25) is 0 Å². The number of carbonyl (C=O) groups excluding carboxylic acids is 2. The molecule has 4 nitrogen and oxygen atoms in total. The lowest BCUT2D eigenvalue weighted by atomic mass is 10.1. The molecule has 6 heteroatoms. The zero-order valence-corrected chi connectivity index (χ0v) is 14.5. The standard InChI is InChI=1S/C19H25F2NO3/c1-3-4-5-6-7-8-9-17(19(24)25-2)22-18(23)12-14-10-15(20)13-16(21)11-14/h3,10-11,13,17H,1,4-9,12H2,2H3,(H,22,23)/t17-/m1/s1. The topological polar surface area (TPSA) is 55.4 Å². The summed E-state index contributed by atoms with van der Waals surface area (Å²) >= 11 is 0. The van der Waals surface area contributed by atoms with Gasteiger partial charge in [0, 0.05) is 6.07 Å². The molecule has 0 radical (unpaired) electrons. The number of carbonyl (C=O) groups is 2. The number of halogens is 2. The van der Waals surface area contributed by atoms with Crippen LogP contribution in [-0.4, -0.2) is 25.0 Å². The van der Waals surface area contributed by atoms with Crippen LogP contribution in [0, 0.1) is 11.6 Å². The highest BCUT2D eigenvalue weighted by Crippen LogP contribution is 2.11. The van der Waals surface area contributed by atoms with E-state index < -0.39 is 29.6 Å². The highest BCUT2D eigenvalue weighted by molar-refractivity contribution is 5.85. The first-order valence-corrected chi connectivity index (χ1v) is 8.39. The Hall–Kier alpha value is -2.24. The molecular formula is C19H25F2NO3. The molecule has 0 aromatic heterocycles. The van der Waals surface area contributed by atoms with Crippen molar-refractivity contribution in [1.29, 1.82) is 0 Å². The van der Waals surface area contributed by atoms with Crippen LogP contribution in [-0.2, 0) is 20.7 Å². The Morgan fingerprint density at radius 2 is 1.80 bits per heavy atom. The van der Waals surface area contributed by atoms with Gasteiger partial charge in [-0.25, -0.2) is 13.6 Å². The van der Waals surface area contributed by atoms with Crippen molar-refractivity contribution >= 4 is 11.9 Å². The average Bonchev–Trinajstić information content (AvgIpc) is 2.55. The summed E-state index contributed by atoms with van der Waals surface area (Å²) in [6, 6.07) is 2.17. The number of amides is 1. The second-order valence-corrected chi connectivity index (χ2v) is 5.88. The number of hydrogen-bond acceptors (Lipinski definition) is 3. The molecule has 1 rings (SSSR count). The maximum atomic E-state index is 13.2. The summed E-state index contributed by atoms with van der Waals surface area (Å²) in [6.07, 6.45) is 6.86. The van der Waals surface area contributed by atoms with E-state index in [0.717, 1.165) is 50.3 Å². The van der Waals surface area contributed by atoms with Gasteiger partial charge in [0.15, 0.2) is 0 Å². The normalized spacial score (nSPS) is 11.6. The highest BCUT2D eigenvalue weighted by Gasteiger charge is 2.21. The van der Waals surface area contributed by atoms with Gasteiger partial charge in [0.25, 0.3) is 0 Å². The van der Waals surface area contributed by atoms with Gasteiger partial charge in [-0.2, -0.15) is 0 Å². The Labute approximate surface area is 147 Å². The molecule has 0 spiro atoms. The highest BCUT2D eigenvalue weighted by atomic mass is 19.1. The second kappa shape index (κ2) is 11.3. The minimum Gasteiger partial charge on any atom is -0.467 e. The number of hydrogen-bond donors (Lipinski definition) is 1. The molecule has 1 atom stereocenters. The smallest absolute Gasteiger partial charge is 0.328 e. The van der Waals surface area contributed by atoms with E-state index >= 15 is 0 Å². The van der Waals surface area contributed by atoms with E-state index in [1.165, 1.54) is 7.11 Å². The Morgan fingerprint density at radius 3 is 2.40 bits per heavy atom. The molecule has 0 saturated heterocycles. The molecule has 1 N–H and O–H groups in total. The molecular weight excluding hydrogens is 328 g/mol. The van der Waals surface area contributed by atoms with Crippen molar-refractivity contribution in [2.75, 3.05) is 7.11 Å². The fourth-order valence-electron chi connectivity index (χ4n) is 2.53. The first-order chi connectivity index (χ1) is 12.0. The Bertz CT molecular complexity index is 570. The van der Waals surface area contributed by atoms with Gasteiger partial charge in [-0.1, -0.05) is 25.3 Å². The Morgan fingerprint density at radius 1 is 1.16 bits per heavy atom. The molecule has 0 aliphatic rings. The van der Waals surface area contributed by atoms with Gasteiger partial charge < -0.3 is 10.1 Å². The molecule has 0 bridgehead atoms. The van der Waals surface area contributed by atoms with Crippen LogP contribution >= 0.6 is 0 Å². The summed E-state index contributed by atoms with van der Waals surface area (Å²) in [7, 11) is 1.26. The van der Waals surface area contributed by atoms with Crippen molar-refractivity contribution < 1.29 is 23.1 Å². The van der Waals surface area contributed by atoms with Gasteiger partial charge in [-0.15, -0.1) is 6.58 Å². The van der Waals surface area contributed by atoms with Crippen LogP contribution in [0.5, 0.6) is 0 Å². The molecule has 1 aromatic carbocycles. The van der Waals surface area contributed by atoms with Gasteiger partial charge in [0.1, 0.15) is 17.7 Å². The van der Waals surface area contributed by atoms with Crippen LogP contribution in [0.15, 0.2) is 30.9 Å². The van der Waals surface area contributed by atoms with Crippen molar-refractivity contribution in [3.05, 3.63) is 48.1 Å².